The number of hydrogen-bond donors (Lipinski definition) is 1. The first-order valence-corrected chi connectivity index (χ1v) is 7.04. The van der Waals surface area contributed by atoms with Gasteiger partial charge in [-0.05, 0) is 22.4 Å². The molecule has 96 valence electrons. The average Bonchev–Trinajstić information content (AvgIpc) is 2.58. The molecule has 1 rings (SSSR count). The van der Waals surface area contributed by atoms with Crippen LogP contribution in [0.25, 0.3) is 0 Å². The van der Waals surface area contributed by atoms with E-state index in [1.807, 2.05) is 0 Å². The van der Waals surface area contributed by atoms with Gasteiger partial charge in [-0.15, -0.1) is 5.10 Å². The number of ether oxygens (including phenoxy) is 1. The topological polar surface area (TPSA) is 86.1 Å². The Balaban J connectivity index is 2.61. The normalized spacial score (nSPS) is 11.4. The fourth-order valence-electron chi connectivity index (χ4n) is 1.12. The first-order valence-electron chi connectivity index (χ1n) is 4.76. The molecular formula is C8H13BrN4O3S. The molecule has 0 radical (unpaired) electrons. The lowest BCUT2D eigenvalue weighted by atomic mass is 10.5. The molecule has 0 bridgehead atoms. The van der Waals surface area contributed by atoms with Crippen molar-refractivity contribution in [2.75, 3.05) is 13.2 Å². The number of nitrogens with zero attached hydrogens (tertiary/aromatic N) is 3. The van der Waals surface area contributed by atoms with Gasteiger partial charge in [0.25, 0.3) is 10.0 Å². The summed E-state index contributed by atoms with van der Waals surface area (Å²) >= 11 is 3.04. The van der Waals surface area contributed by atoms with Gasteiger partial charge in [-0.25, -0.2) is 17.8 Å². The molecule has 1 N–H and O–H groups in total. The summed E-state index contributed by atoms with van der Waals surface area (Å²) < 4.78 is 32.4. The Morgan fingerprint density at radius 2 is 2.35 bits per heavy atom. The largest absolute Gasteiger partial charge is 0.502 e. The lowest BCUT2D eigenvalue weighted by molar-refractivity contribution is 0.247. The van der Waals surface area contributed by atoms with Crippen LogP contribution in [0.3, 0.4) is 0 Å². The standard InChI is InChI=1S/C8H13BrN4O3S/c1-3-16-6-4-5-10-17(14,15)8-7(9)11-12-13(8)2/h3,10H,1,4-6H2,2H3. The number of nitrogens with one attached hydrogen (secondary N) is 1. The molecule has 1 aromatic rings. The minimum absolute atomic E-state index is 0.00198. The Morgan fingerprint density at radius 3 is 2.88 bits per heavy atom. The third kappa shape index (κ3) is 3.79. The van der Waals surface area contributed by atoms with E-state index in [0.717, 1.165) is 0 Å². The van der Waals surface area contributed by atoms with Crippen molar-refractivity contribution in [3.8, 4) is 0 Å². The summed E-state index contributed by atoms with van der Waals surface area (Å²) in [6.07, 6.45) is 1.87. The monoisotopic (exact) mass is 324 g/mol. The van der Waals surface area contributed by atoms with Crippen molar-refractivity contribution in [2.24, 2.45) is 7.05 Å². The predicted octanol–water partition coefficient (Wildman–Crippen LogP) is 0.406. The fraction of sp³-hybridized carbons (Fsp3) is 0.500. The molecule has 0 atom stereocenters. The molecule has 0 saturated heterocycles. The summed E-state index contributed by atoms with van der Waals surface area (Å²) in [6, 6.07) is 0. The minimum atomic E-state index is -3.61. The Morgan fingerprint density at radius 1 is 1.65 bits per heavy atom. The SMILES string of the molecule is C=COCCCNS(=O)(=O)c1c(Br)nnn1C. The summed E-state index contributed by atoms with van der Waals surface area (Å²) in [5.74, 6) is 0. The van der Waals surface area contributed by atoms with Crippen molar-refractivity contribution in [1.29, 1.82) is 0 Å². The molecule has 1 heterocycles. The van der Waals surface area contributed by atoms with Crippen molar-refractivity contribution in [2.45, 2.75) is 11.4 Å². The summed E-state index contributed by atoms with van der Waals surface area (Å²) in [5.41, 5.74) is 0. The van der Waals surface area contributed by atoms with Crippen LogP contribution < -0.4 is 4.72 Å². The van der Waals surface area contributed by atoms with Crippen LogP contribution in [-0.4, -0.2) is 36.6 Å². The third-order valence-corrected chi connectivity index (χ3v) is 4.19. The smallest absolute Gasteiger partial charge is 0.260 e. The van der Waals surface area contributed by atoms with Gasteiger partial charge in [0.1, 0.15) is 0 Å². The maximum absolute atomic E-state index is 11.9. The fourth-order valence-corrected chi connectivity index (χ4v) is 3.29. The van der Waals surface area contributed by atoms with Crippen LogP contribution >= 0.6 is 15.9 Å². The van der Waals surface area contributed by atoms with Gasteiger partial charge < -0.3 is 4.74 Å². The molecule has 0 aliphatic carbocycles. The van der Waals surface area contributed by atoms with Gasteiger partial charge >= 0.3 is 0 Å². The van der Waals surface area contributed by atoms with Crippen molar-refractivity contribution < 1.29 is 13.2 Å². The van der Waals surface area contributed by atoms with E-state index in [1.165, 1.54) is 18.0 Å². The number of halogens is 1. The highest BCUT2D eigenvalue weighted by molar-refractivity contribution is 9.10. The van der Waals surface area contributed by atoms with Crippen LogP contribution in [0.4, 0.5) is 0 Å². The average molecular weight is 325 g/mol. The zero-order valence-corrected chi connectivity index (χ0v) is 11.7. The molecule has 0 amide bonds. The number of aryl methyl sites for hydroxylation is 1. The third-order valence-electron chi connectivity index (χ3n) is 1.84. The Hall–Kier alpha value is -0.930. The van der Waals surface area contributed by atoms with Gasteiger partial charge in [0.05, 0.1) is 12.9 Å². The van der Waals surface area contributed by atoms with Crippen LogP contribution in [-0.2, 0) is 21.8 Å². The number of sulfonamides is 1. The Bertz CT molecular complexity index is 465. The summed E-state index contributed by atoms with van der Waals surface area (Å²) in [4.78, 5) is 0. The summed E-state index contributed by atoms with van der Waals surface area (Å²) in [6.45, 7) is 4.07. The quantitative estimate of drug-likeness (QED) is 0.579. The molecule has 0 aromatic carbocycles. The van der Waals surface area contributed by atoms with E-state index in [9.17, 15) is 8.42 Å². The van der Waals surface area contributed by atoms with Crippen molar-refractivity contribution in [3.63, 3.8) is 0 Å². The zero-order valence-electron chi connectivity index (χ0n) is 9.26. The molecule has 0 aliphatic rings. The van der Waals surface area contributed by atoms with E-state index in [0.29, 0.717) is 13.0 Å². The van der Waals surface area contributed by atoms with E-state index in [1.54, 1.807) is 0 Å². The lowest BCUT2D eigenvalue weighted by Gasteiger charge is -2.06. The van der Waals surface area contributed by atoms with Crippen LogP contribution in [0.5, 0.6) is 0 Å². The molecule has 9 heteroatoms. The van der Waals surface area contributed by atoms with Gasteiger partial charge in [0.2, 0.25) is 5.03 Å². The highest BCUT2D eigenvalue weighted by atomic mass is 79.9. The van der Waals surface area contributed by atoms with Gasteiger partial charge in [0.15, 0.2) is 4.60 Å². The second kappa shape index (κ2) is 6.12. The van der Waals surface area contributed by atoms with E-state index < -0.39 is 10.0 Å². The Labute approximate surface area is 108 Å². The number of aromatic nitrogens is 3. The Kier molecular flexibility index (Phi) is 5.09. The van der Waals surface area contributed by atoms with E-state index >= 15 is 0 Å². The molecule has 0 spiro atoms. The van der Waals surface area contributed by atoms with Crippen LogP contribution in [0.1, 0.15) is 6.42 Å². The van der Waals surface area contributed by atoms with Gasteiger partial charge in [0, 0.05) is 13.6 Å². The molecule has 0 unspecified atom stereocenters. The zero-order chi connectivity index (χ0) is 12.9. The summed E-state index contributed by atoms with van der Waals surface area (Å²) in [5, 5.41) is 7.22. The lowest BCUT2D eigenvalue weighted by Crippen LogP contribution is -2.27. The predicted molar refractivity (Wildman–Crippen MR) is 64.7 cm³/mol. The van der Waals surface area contributed by atoms with Gasteiger partial charge in [-0.3, -0.25) is 0 Å². The second-order valence-electron chi connectivity index (χ2n) is 3.10. The molecule has 17 heavy (non-hydrogen) atoms. The van der Waals surface area contributed by atoms with Crippen LogP contribution in [0, 0.1) is 0 Å². The molecular weight excluding hydrogens is 312 g/mol. The maximum Gasteiger partial charge on any atom is 0.260 e. The van der Waals surface area contributed by atoms with Crippen molar-refractivity contribution >= 4 is 26.0 Å². The van der Waals surface area contributed by atoms with E-state index in [4.69, 9.17) is 4.74 Å². The van der Waals surface area contributed by atoms with Gasteiger partial charge in [-0.2, -0.15) is 0 Å². The van der Waals surface area contributed by atoms with Crippen LogP contribution in [0.2, 0.25) is 0 Å². The first kappa shape index (κ1) is 14.1. The maximum atomic E-state index is 11.9. The highest BCUT2D eigenvalue weighted by Crippen LogP contribution is 2.17. The molecule has 1 aromatic heterocycles. The van der Waals surface area contributed by atoms with E-state index in [-0.39, 0.29) is 16.2 Å². The van der Waals surface area contributed by atoms with Crippen LogP contribution in [0.15, 0.2) is 22.5 Å². The molecule has 0 saturated carbocycles. The molecule has 0 aliphatic heterocycles. The first-order chi connectivity index (χ1) is 7.99. The number of hydrogen-bond acceptors (Lipinski definition) is 5. The highest BCUT2D eigenvalue weighted by Gasteiger charge is 2.22. The van der Waals surface area contributed by atoms with Crippen molar-refractivity contribution in [3.05, 3.63) is 17.4 Å². The van der Waals surface area contributed by atoms with Gasteiger partial charge in [-0.1, -0.05) is 11.8 Å². The molecule has 0 fully saturated rings. The molecule has 7 nitrogen and oxygen atoms in total. The van der Waals surface area contributed by atoms with Crippen molar-refractivity contribution in [1.82, 2.24) is 19.7 Å². The number of rotatable bonds is 7. The minimum Gasteiger partial charge on any atom is -0.502 e. The second-order valence-corrected chi connectivity index (χ2v) is 5.53. The summed E-state index contributed by atoms with van der Waals surface area (Å²) in [7, 11) is -2.10. The van der Waals surface area contributed by atoms with E-state index in [2.05, 4.69) is 37.5 Å².